The Labute approximate surface area is 258 Å². The van der Waals surface area contributed by atoms with Crippen molar-refractivity contribution in [3.63, 3.8) is 0 Å². The molecule has 1 aliphatic rings. The summed E-state index contributed by atoms with van der Waals surface area (Å²) in [5.41, 5.74) is 1.51. The molecule has 3 rings (SSSR count). The van der Waals surface area contributed by atoms with Gasteiger partial charge in [-0.05, 0) is 68.0 Å². The van der Waals surface area contributed by atoms with Gasteiger partial charge >= 0.3 is 5.97 Å². The first kappa shape index (κ1) is 34.5. The van der Waals surface area contributed by atoms with Crippen LogP contribution >= 0.6 is 0 Å². The summed E-state index contributed by atoms with van der Waals surface area (Å²) in [5, 5.41) is 28.3. The Bertz CT molecular complexity index is 1440. The molecule has 1 saturated heterocycles. The fourth-order valence-electron chi connectivity index (χ4n) is 4.97. The van der Waals surface area contributed by atoms with E-state index in [9.17, 15) is 32.7 Å². The number of nitrogens with zero attached hydrogens (tertiary/aromatic N) is 1. The van der Waals surface area contributed by atoms with Crippen molar-refractivity contribution in [1.29, 1.82) is 0 Å². The number of amides is 3. The summed E-state index contributed by atoms with van der Waals surface area (Å²) in [6.07, 6.45) is -0.0866. The average Bonchev–Trinajstić information content (AvgIpc) is 3.33. The number of rotatable bonds is 14. The van der Waals surface area contributed by atoms with Crippen molar-refractivity contribution < 1.29 is 37.8 Å². The molecule has 1 fully saturated rings. The van der Waals surface area contributed by atoms with Crippen LogP contribution in [-0.4, -0.2) is 72.8 Å². The lowest BCUT2D eigenvalue weighted by molar-refractivity contribution is -0.131. The first-order valence-electron chi connectivity index (χ1n) is 14.7. The second kappa shape index (κ2) is 15.2. The van der Waals surface area contributed by atoms with Gasteiger partial charge in [-0.1, -0.05) is 39.0 Å². The molecule has 0 radical (unpaired) electrons. The van der Waals surface area contributed by atoms with Crippen molar-refractivity contribution in [2.45, 2.75) is 71.7 Å². The van der Waals surface area contributed by atoms with Crippen molar-refractivity contribution in [3.8, 4) is 0 Å². The van der Waals surface area contributed by atoms with E-state index in [-0.39, 0.29) is 35.8 Å². The van der Waals surface area contributed by atoms with Gasteiger partial charge in [-0.3, -0.25) is 18.7 Å². The minimum Gasteiger partial charge on any atom is -0.478 e. The Hall–Kier alpha value is -3.97. The van der Waals surface area contributed by atoms with E-state index in [1.54, 1.807) is 37.3 Å². The molecule has 13 heteroatoms. The molecule has 5 N–H and O–H groups in total. The van der Waals surface area contributed by atoms with E-state index in [1.807, 2.05) is 13.8 Å². The SMILES string of the molecule is CC(C)C[C@H](NC(=O)c1cccc(N2CCCS2(=O)=O)c1)[C@@H](O)C[C@@H](C)C(=O)N[C@@H](C)C(=O)NCc1ccc(C(=O)O)cc1. The Morgan fingerprint density at radius 3 is 2.18 bits per heavy atom. The van der Waals surface area contributed by atoms with Crippen LogP contribution in [0, 0.1) is 11.8 Å². The number of carbonyl (C=O) groups is 4. The number of aliphatic hydroxyl groups excluding tert-OH is 1. The lowest BCUT2D eigenvalue weighted by Gasteiger charge is -2.28. The van der Waals surface area contributed by atoms with Crippen molar-refractivity contribution in [2.75, 3.05) is 16.6 Å². The van der Waals surface area contributed by atoms with Gasteiger partial charge in [0.05, 0.1) is 29.1 Å². The van der Waals surface area contributed by atoms with Crippen LogP contribution in [0.5, 0.6) is 0 Å². The fourth-order valence-corrected chi connectivity index (χ4v) is 6.52. The van der Waals surface area contributed by atoms with Gasteiger partial charge in [-0.2, -0.15) is 0 Å². The summed E-state index contributed by atoms with van der Waals surface area (Å²) in [6, 6.07) is 10.9. The van der Waals surface area contributed by atoms with Crippen LogP contribution in [0.15, 0.2) is 48.5 Å². The Morgan fingerprint density at radius 1 is 0.909 bits per heavy atom. The molecule has 3 amide bonds. The normalized spacial score (nSPS) is 16.9. The van der Waals surface area contributed by atoms with Crippen molar-refractivity contribution in [1.82, 2.24) is 16.0 Å². The summed E-state index contributed by atoms with van der Waals surface area (Å²) in [4.78, 5) is 49.6. The highest BCUT2D eigenvalue weighted by atomic mass is 32.2. The van der Waals surface area contributed by atoms with E-state index < -0.39 is 57.8 Å². The molecule has 0 bridgehead atoms. The average molecular weight is 631 g/mol. The number of carboxylic acids is 1. The topological polar surface area (TPSA) is 182 Å². The number of sulfonamides is 1. The number of nitrogens with one attached hydrogen (secondary N) is 3. The molecule has 4 atom stereocenters. The Morgan fingerprint density at radius 2 is 1.59 bits per heavy atom. The van der Waals surface area contributed by atoms with Gasteiger partial charge < -0.3 is 26.2 Å². The molecule has 1 aliphatic heterocycles. The van der Waals surface area contributed by atoms with Crippen molar-refractivity contribution >= 4 is 39.4 Å². The molecule has 2 aromatic rings. The third-order valence-corrected chi connectivity index (χ3v) is 9.33. The quantitative estimate of drug-likeness (QED) is 0.211. The van der Waals surface area contributed by atoms with Gasteiger partial charge in [0.15, 0.2) is 0 Å². The Balaban J connectivity index is 1.56. The Kier molecular flexibility index (Phi) is 11.9. The summed E-state index contributed by atoms with van der Waals surface area (Å²) >= 11 is 0. The van der Waals surface area contributed by atoms with Crippen LogP contribution in [0.4, 0.5) is 5.69 Å². The minimum atomic E-state index is -3.41. The molecule has 12 nitrogen and oxygen atoms in total. The van der Waals surface area contributed by atoms with Gasteiger partial charge in [0.25, 0.3) is 5.91 Å². The molecule has 2 aromatic carbocycles. The molecule has 0 aliphatic carbocycles. The number of carboxylic acid groups (broad SMARTS) is 1. The summed E-state index contributed by atoms with van der Waals surface area (Å²) in [5.74, 6) is -2.88. The second-order valence-corrected chi connectivity index (χ2v) is 13.7. The highest BCUT2D eigenvalue weighted by Gasteiger charge is 2.30. The van der Waals surface area contributed by atoms with Gasteiger partial charge in [-0.25, -0.2) is 13.2 Å². The number of hydrogen-bond acceptors (Lipinski definition) is 7. The largest absolute Gasteiger partial charge is 0.478 e. The molecule has 240 valence electrons. The third-order valence-electron chi connectivity index (χ3n) is 7.46. The van der Waals surface area contributed by atoms with Crippen molar-refractivity contribution in [3.05, 3.63) is 65.2 Å². The van der Waals surface area contributed by atoms with Crippen LogP contribution in [0.1, 0.15) is 73.2 Å². The van der Waals surface area contributed by atoms with Gasteiger partial charge in [-0.15, -0.1) is 0 Å². The molecule has 0 saturated carbocycles. The summed E-state index contributed by atoms with van der Waals surface area (Å²) < 4.78 is 26.0. The number of benzene rings is 2. The maximum absolute atomic E-state index is 13.2. The van der Waals surface area contributed by atoms with Crippen LogP contribution in [0.3, 0.4) is 0 Å². The third kappa shape index (κ3) is 9.52. The molecular formula is C31H42N4O8S. The lowest BCUT2D eigenvalue weighted by Crippen LogP contribution is -2.48. The van der Waals surface area contributed by atoms with E-state index in [2.05, 4.69) is 16.0 Å². The smallest absolute Gasteiger partial charge is 0.335 e. The van der Waals surface area contributed by atoms with E-state index in [1.165, 1.54) is 29.4 Å². The summed E-state index contributed by atoms with van der Waals surface area (Å²) in [6.45, 7) is 7.56. The minimum absolute atomic E-state index is 0.0276. The molecular weight excluding hydrogens is 588 g/mol. The van der Waals surface area contributed by atoms with Crippen LogP contribution in [0.2, 0.25) is 0 Å². The van der Waals surface area contributed by atoms with E-state index >= 15 is 0 Å². The lowest BCUT2D eigenvalue weighted by atomic mass is 9.92. The number of aliphatic hydroxyl groups is 1. The summed E-state index contributed by atoms with van der Waals surface area (Å²) in [7, 11) is -3.41. The molecule has 0 aromatic heterocycles. The van der Waals surface area contributed by atoms with Crippen molar-refractivity contribution in [2.24, 2.45) is 11.8 Å². The first-order valence-corrected chi connectivity index (χ1v) is 16.3. The number of aromatic carboxylic acids is 1. The predicted molar refractivity (Wildman–Crippen MR) is 166 cm³/mol. The van der Waals surface area contributed by atoms with E-state index in [0.717, 1.165) is 0 Å². The van der Waals surface area contributed by atoms with E-state index in [0.29, 0.717) is 30.6 Å². The van der Waals surface area contributed by atoms with Gasteiger partial charge in [0, 0.05) is 24.6 Å². The predicted octanol–water partition coefficient (Wildman–Crippen LogP) is 2.28. The molecule has 44 heavy (non-hydrogen) atoms. The standard InChI is InChI=1S/C31H42N4O8S/c1-19(2)15-26(34-30(39)24-7-5-8-25(17-24)35-13-6-14-44(35,42)43)27(36)16-20(3)28(37)33-21(4)29(38)32-18-22-9-11-23(12-10-22)31(40)41/h5,7-12,17,19-21,26-27,36H,6,13-16,18H2,1-4H3,(H,32,38)(H,33,37)(H,34,39)(H,40,41)/t20-,21+,26+,27+/m1/s1. The maximum atomic E-state index is 13.2. The molecule has 0 unspecified atom stereocenters. The molecule has 1 heterocycles. The first-order chi connectivity index (χ1) is 20.7. The maximum Gasteiger partial charge on any atom is 0.335 e. The monoisotopic (exact) mass is 630 g/mol. The zero-order valence-electron chi connectivity index (χ0n) is 25.4. The van der Waals surface area contributed by atoms with Gasteiger partial charge in [0.2, 0.25) is 21.8 Å². The zero-order valence-corrected chi connectivity index (χ0v) is 26.3. The number of hydrogen-bond donors (Lipinski definition) is 5. The number of carbonyl (C=O) groups excluding carboxylic acids is 3. The molecule has 0 spiro atoms. The highest BCUT2D eigenvalue weighted by Crippen LogP contribution is 2.25. The fraction of sp³-hybridized carbons (Fsp3) is 0.484. The van der Waals surface area contributed by atoms with Crippen LogP contribution in [0.25, 0.3) is 0 Å². The van der Waals surface area contributed by atoms with Crippen LogP contribution in [-0.2, 0) is 26.2 Å². The van der Waals surface area contributed by atoms with Gasteiger partial charge in [0.1, 0.15) is 6.04 Å². The second-order valence-electron chi connectivity index (χ2n) is 11.7. The zero-order chi connectivity index (χ0) is 32.6. The number of anilines is 1. The van der Waals surface area contributed by atoms with E-state index in [4.69, 9.17) is 5.11 Å². The van der Waals surface area contributed by atoms with Crippen LogP contribution < -0.4 is 20.3 Å². The highest BCUT2D eigenvalue weighted by molar-refractivity contribution is 7.93.